The van der Waals surface area contributed by atoms with Gasteiger partial charge in [0.1, 0.15) is 6.61 Å². The van der Waals surface area contributed by atoms with Crippen molar-refractivity contribution in [2.45, 2.75) is 0 Å². The summed E-state index contributed by atoms with van der Waals surface area (Å²) in [5.41, 5.74) is 0. The van der Waals surface area contributed by atoms with Crippen LogP contribution in [0, 0.1) is 11.8 Å². The van der Waals surface area contributed by atoms with E-state index in [4.69, 9.17) is 4.74 Å². The zero-order valence-electron chi connectivity index (χ0n) is 7.42. The Morgan fingerprint density at radius 2 is 2.18 bits per heavy atom. The number of rotatable bonds is 3. The van der Waals surface area contributed by atoms with Gasteiger partial charge < -0.3 is 9.64 Å². The van der Waals surface area contributed by atoms with Crippen LogP contribution in [-0.4, -0.2) is 39.3 Å². The summed E-state index contributed by atoms with van der Waals surface area (Å²) in [5.74, 6) is 5.69. The first kappa shape index (κ1) is 10.2. The van der Waals surface area contributed by atoms with Gasteiger partial charge in [0, 0.05) is 13.7 Å². The second-order valence-electron chi connectivity index (χ2n) is 2.42. The molecule has 62 valence electrons. The van der Waals surface area contributed by atoms with Gasteiger partial charge in [-0.2, -0.15) is 0 Å². The van der Waals surface area contributed by atoms with Crippen LogP contribution < -0.4 is 0 Å². The molecular formula is C9H15NO. The SMILES string of the molecule is COCC#C/C=C/CN(C)C. The van der Waals surface area contributed by atoms with Crippen LogP contribution in [0.25, 0.3) is 0 Å². The van der Waals surface area contributed by atoms with E-state index in [9.17, 15) is 0 Å². The maximum atomic E-state index is 4.75. The quantitative estimate of drug-likeness (QED) is 0.555. The van der Waals surface area contributed by atoms with E-state index in [1.54, 1.807) is 7.11 Å². The predicted molar refractivity (Wildman–Crippen MR) is 47.3 cm³/mol. The van der Waals surface area contributed by atoms with Crippen molar-refractivity contribution >= 4 is 0 Å². The lowest BCUT2D eigenvalue weighted by Gasteiger charge is -2.01. The van der Waals surface area contributed by atoms with Gasteiger partial charge in [-0.25, -0.2) is 0 Å². The molecule has 0 unspecified atom stereocenters. The molecule has 11 heavy (non-hydrogen) atoms. The van der Waals surface area contributed by atoms with Crippen LogP contribution >= 0.6 is 0 Å². The zero-order valence-corrected chi connectivity index (χ0v) is 7.42. The number of allylic oxidation sites excluding steroid dienone is 1. The smallest absolute Gasteiger partial charge is 0.107 e. The maximum absolute atomic E-state index is 4.75. The van der Waals surface area contributed by atoms with Gasteiger partial charge in [0.25, 0.3) is 0 Å². The van der Waals surface area contributed by atoms with Crippen LogP contribution in [0.15, 0.2) is 12.2 Å². The lowest BCUT2D eigenvalue weighted by Crippen LogP contribution is -2.10. The number of hydrogen-bond donors (Lipinski definition) is 0. The summed E-state index contributed by atoms with van der Waals surface area (Å²) in [5, 5.41) is 0. The molecule has 0 aromatic carbocycles. The summed E-state index contributed by atoms with van der Waals surface area (Å²) in [7, 11) is 5.68. The second-order valence-corrected chi connectivity index (χ2v) is 2.42. The fraction of sp³-hybridized carbons (Fsp3) is 0.556. The molecular weight excluding hydrogens is 138 g/mol. The van der Waals surface area contributed by atoms with E-state index in [1.165, 1.54) is 0 Å². The molecule has 0 N–H and O–H groups in total. The molecule has 0 bridgehead atoms. The molecule has 0 atom stereocenters. The fourth-order valence-electron chi connectivity index (χ4n) is 0.495. The predicted octanol–water partition coefficient (Wildman–Crippen LogP) is 0.754. The largest absolute Gasteiger partial charge is 0.372 e. The number of hydrogen-bond acceptors (Lipinski definition) is 2. The number of ether oxygens (including phenoxy) is 1. The van der Waals surface area contributed by atoms with Gasteiger partial charge in [-0.15, -0.1) is 0 Å². The van der Waals surface area contributed by atoms with Crippen LogP contribution in [0.2, 0.25) is 0 Å². The Hall–Kier alpha value is -0.780. The Morgan fingerprint density at radius 3 is 2.73 bits per heavy atom. The Kier molecular flexibility index (Phi) is 6.81. The summed E-state index contributed by atoms with van der Waals surface area (Å²) >= 11 is 0. The fourth-order valence-corrected chi connectivity index (χ4v) is 0.495. The summed E-state index contributed by atoms with van der Waals surface area (Å²) in [6, 6.07) is 0. The molecule has 2 heteroatoms. The molecule has 0 rings (SSSR count). The van der Waals surface area contributed by atoms with E-state index < -0.39 is 0 Å². The zero-order chi connectivity index (χ0) is 8.53. The molecule has 0 saturated heterocycles. The average molecular weight is 153 g/mol. The first-order valence-corrected chi connectivity index (χ1v) is 3.54. The van der Waals surface area contributed by atoms with E-state index in [0.717, 1.165) is 6.54 Å². The van der Waals surface area contributed by atoms with Gasteiger partial charge in [0.05, 0.1) is 0 Å². The van der Waals surface area contributed by atoms with Crippen molar-refractivity contribution in [3.63, 3.8) is 0 Å². The van der Waals surface area contributed by atoms with Crippen LogP contribution in [0.1, 0.15) is 0 Å². The molecule has 0 radical (unpaired) electrons. The molecule has 2 nitrogen and oxygen atoms in total. The third-order valence-corrected chi connectivity index (χ3v) is 0.990. The van der Waals surface area contributed by atoms with Gasteiger partial charge in [-0.1, -0.05) is 17.9 Å². The van der Waals surface area contributed by atoms with Crippen molar-refractivity contribution in [3.05, 3.63) is 12.2 Å². The standard InChI is InChI=1S/C9H15NO/c1-10(2)8-6-4-5-7-9-11-3/h4,6H,8-9H2,1-3H3/b6-4+. The van der Waals surface area contributed by atoms with E-state index in [2.05, 4.69) is 16.7 Å². The Balaban J connectivity index is 3.38. The highest BCUT2D eigenvalue weighted by atomic mass is 16.5. The number of methoxy groups -OCH3 is 1. The highest BCUT2D eigenvalue weighted by Gasteiger charge is 1.78. The first-order chi connectivity index (χ1) is 5.27. The van der Waals surface area contributed by atoms with Gasteiger partial charge in [-0.3, -0.25) is 0 Å². The van der Waals surface area contributed by atoms with Gasteiger partial charge in [0.2, 0.25) is 0 Å². The number of nitrogens with zero attached hydrogens (tertiary/aromatic N) is 1. The molecule has 0 aromatic heterocycles. The molecule has 0 fully saturated rings. The maximum Gasteiger partial charge on any atom is 0.107 e. The van der Waals surface area contributed by atoms with Crippen LogP contribution in [0.3, 0.4) is 0 Å². The van der Waals surface area contributed by atoms with E-state index in [-0.39, 0.29) is 0 Å². The molecule has 0 amide bonds. The molecule has 0 aliphatic heterocycles. The summed E-state index contributed by atoms with van der Waals surface area (Å²) in [6.45, 7) is 1.44. The molecule has 0 aliphatic rings. The van der Waals surface area contributed by atoms with Crippen molar-refractivity contribution < 1.29 is 4.74 Å². The van der Waals surface area contributed by atoms with Crippen molar-refractivity contribution in [2.75, 3.05) is 34.4 Å². The summed E-state index contributed by atoms with van der Waals surface area (Å²) < 4.78 is 4.75. The first-order valence-electron chi connectivity index (χ1n) is 3.54. The lowest BCUT2D eigenvalue weighted by atomic mass is 10.4. The van der Waals surface area contributed by atoms with Crippen molar-refractivity contribution in [1.29, 1.82) is 0 Å². The third kappa shape index (κ3) is 9.22. The molecule has 0 spiro atoms. The Morgan fingerprint density at radius 1 is 1.45 bits per heavy atom. The highest BCUT2D eigenvalue weighted by molar-refractivity contribution is 5.15. The Bertz CT molecular complexity index is 162. The van der Waals surface area contributed by atoms with E-state index >= 15 is 0 Å². The van der Waals surface area contributed by atoms with Gasteiger partial charge >= 0.3 is 0 Å². The molecule has 0 saturated carbocycles. The third-order valence-electron chi connectivity index (χ3n) is 0.990. The van der Waals surface area contributed by atoms with Crippen LogP contribution in [0.5, 0.6) is 0 Å². The highest BCUT2D eigenvalue weighted by Crippen LogP contribution is 1.75. The topological polar surface area (TPSA) is 12.5 Å². The van der Waals surface area contributed by atoms with Crippen molar-refractivity contribution in [1.82, 2.24) is 4.90 Å². The summed E-state index contributed by atoms with van der Waals surface area (Å²) in [6.07, 6.45) is 3.86. The monoisotopic (exact) mass is 153 g/mol. The van der Waals surface area contributed by atoms with Gasteiger partial charge in [-0.05, 0) is 20.2 Å². The number of likely N-dealkylation sites (N-methyl/N-ethyl adjacent to an activating group) is 1. The molecule has 0 heterocycles. The second kappa shape index (κ2) is 7.33. The lowest BCUT2D eigenvalue weighted by molar-refractivity contribution is 0.240. The van der Waals surface area contributed by atoms with Gasteiger partial charge in [0.15, 0.2) is 0 Å². The normalized spacial score (nSPS) is 10.2. The minimum atomic E-state index is 0.506. The molecule has 0 aromatic rings. The Labute approximate surface area is 68.8 Å². The van der Waals surface area contributed by atoms with Crippen molar-refractivity contribution in [3.8, 4) is 11.8 Å². The van der Waals surface area contributed by atoms with Crippen LogP contribution in [-0.2, 0) is 4.74 Å². The van der Waals surface area contributed by atoms with E-state index in [1.807, 2.05) is 26.2 Å². The van der Waals surface area contributed by atoms with Crippen LogP contribution in [0.4, 0.5) is 0 Å². The average Bonchev–Trinajstić information content (AvgIpc) is 1.96. The minimum Gasteiger partial charge on any atom is -0.372 e. The summed E-state index contributed by atoms with van der Waals surface area (Å²) in [4.78, 5) is 2.08. The van der Waals surface area contributed by atoms with Crippen molar-refractivity contribution in [2.24, 2.45) is 0 Å². The van der Waals surface area contributed by atoms with E-state index in [0.29, 0.717) is 6.61 Å². The minimum absolute atomic E-state index is 0.506. The molecule has 0 aliphatic carbocycles.